The molecule has 0 amide bonds. The fourth-order valence-electron chi connectivity index (χ4n) is 7.27. The van der Waals surface area contributed by atoms with Gasteiger partial charge in [-0.15, -0.1) is 45.3 Å². The van der Waals surface area contributed by atoms with Crippen LogP contribution in [0.25, 0.3) is 40.0 Å². The van der Waals surface area contributed by atoms with E-state index in [9.17, 15) is 4.79 Å². The molecule has 0 N–H and O–H groups in total. The number of thiophene rings is 4. The summed E-state index contributed by atoms with van der Waals surface area (Å²) in [5.74, 6) is 2.53. The van der Waals surface area contributed by atoms with Crippen molar-refractivity contribution in [3.05, 3.63) is 32.6 Å². The standard InChI is InChI=1S/C45H63FO3S4/c1-10-15-18-19-20-23-33(47)41-36(46)35-43(52-41)42(53-44(35)45(7,8)9)34-25-32-38(49-27-30(14-5)22-17-12-3)39-31(24-28(6)50-39)37(40(32)51-34)48-26-29(13-4)21-16-11-2/h24-25,29-30H,10-23,26-27H2,1-9H3. The van der Waals surface area contributed by atoms with Crippen molar-refractivity contribution in [3.63, 3.8) is 0 Å². The van der Waals surface area contributed by atoms with Crippen molar-refractivity contribution >= 4 is 81.4 Å². The van der Waals surface area contributed by atoms with Crippen molar-refractivity contribution in [2.24, 2.45) is 11.8 Å². The fourth-order valence-corrected chi connectivity index (χ4v) is 12.3. The summed E-state index contributed by atoms with van der Waals surface area (Å²) in [7, 11) is 0. The molecule has 0 aliphatic heterocycles. The molecule has 0 bridgehead atoms. The molecule has 5 rings (SSSR count). The molecule has 0 saturated heterocycles. The second-order valence-electron chi connectivity index (χ2n) is 16.1. The van der Waals surface area contributed by atoms with Crippen LogP contribution in [0, 0.1) is 24.6 Å². The maximum absolute atomic E-state index is 16.5. The van der Waals surface area contributed by atoms with Gasteiger partial charge in [0.25, 0.3) is 0 Å². The van der Waals surface area contributed by atoms with Crippen LogP contribution < -0.4 is 9.47 Å². The Balaban J connectivity index is 1.66. The lowest BCUT2D eigenvalue weighted by Gasteiger charge is -2.19. The molecule has 5 aromatic rings. The Kier molecular flexibility index (Phi) is 15.3. The Morgan fingerprint density at radius 2 is 1.28 bits per heavy atom. The molecule has 0 aliphatic rings. The minimum absolute atomic E-state index is 0.0589. The molecule has 0 spiro atoms. The summed E-state index contributed by atoms with van der Waals surface area (Å²) in [5, 5.41) is 2.86. The molecule has 4 aromatic heterocycles. The molecule has 0 saturated carbocycles. The van der Waals surface area contributed by atoms with E-state index in [1.807, 2.05) is 0 Å². The van der Waals surface area contributed by atoms with Crippen LogP contribution in [0.2, 0.25) is 0 Å². The van der Waals surface area contributed by atoms with Gasteiger partial charge in [-0.1, -0.05) is 120 Å². The van der Waals surface area contributed by atoms with Gasteiger partial charge in [0.05, 0.1) is 32.2 Å². The molecule has 0 radical (unpaired) electrons. The molecular weight excluding hydrogens is 736 g/mol. The van der Waals surface area contributed by atoms with E-state index in [1.165, 1.54) is 61.2 Å². The maximum Gasteiger partial charge on any atom is 0.175 e. The van der Waals surface area contributed by atoms with E-state index < -0.39 is 0 Å². The molecule has 4 heterocycles. The van der Waals surface area contributed by atoms with E-state index in [0.29, 0.717) is 41.7 Å². The van der Waals surface area contributed by atoms with E-state index in [0.717, 1.165) is 89.5 Å². The van der Waals surface area contributed by atoms with Crippen LogP contribution in [-0.2, 0) is 5.41 Å². The number of ketones is 1. The Bertz CT molecular complexity index is 1880. The van der Waals surface area contributed by atoms with Crippen LogP contribution in [0.5, 0.6) is 11.5 Å². The highest BCUT2D eigenvalue weighted by Crippen LogP contribution is 2.55. The molecule has 292 valence electrons. The van der Waals surface area contributed by atoms with Gasteiger partial charge in [0.1, 0.15) is 16.4 Å². The quantitative estimate of drug-likeness (QED) is 0.0517. The molecule has 0 aliphatic carbocycles. The summed E-state index contributed by atoms with van der Waals surface area (Å²) in [4.78, 5) is 18.2. The zero-order chi connectivity index (χ0) is 38.3. The second kappa shape index (κ2) is 19.2. The maximum atomic E-state index is 16.5. The number of fused-ring (bicyclic) bond motifs is 3. The Morgan fingerprint density at radius 1 is 0.717 bits per heavy atom. The van der Waals surface area contributed by atoms with Gasteiger partial charge in [0.15, 0.2) is 11.6 Å². The number of Topliss-reactive ketones (excluding diaryl/α,β-unsaturated/α-hetero) is 1. The minimum atomic E-state index is -0.323. The second-order valence-corrected chi connectivity index (χ2v) is 20.5. The number of benzene rings is 1. The van der Waals surface area contributed by atoms with Crippen LogP contribution in [0.4, 0.5) is 4.39 Å². The van der Waals surface area contributed by atoms with Gasteiger partial charge >= 0.3 is 0 Å². The number of hydrogen-bond donors (Lipinski definition) is 0. The molecule has 2 atom stereocenters. The van der Waals surface area contributed by atoms with E-state index >= 15 is 4.39 Å². The van der Waals surface area contributed by atoms with Gasteiger partial charge in [0.2, 0.25) is 0 Å². The molecule has 2 unspecified atom stereocenters. The smallest absolute Gasteiger partial charge is 0.175 e. The Hall–Kier alpha value is -2.00. The topological polar surface area (TPSA) is 35.5 Å². The Morgan fingerprint density at radius 3 is 1.85 bits per heavy atom. The summed E-state index contributed by atoms with van der Waals surface area (Å²) in [6, 6.07) is 4.56. The van der Waals surface area contributed by atoms with E-state index in [2.05, 4.69) is 74.4 Å². The van der Waals surface area contributed by atoms with Crippen molar-refractivity contribution in [1.82, 2.24) is 0 Å². The number of rotatable bonds is 22. The third-order valence-electron chi connectivity index (χ3n) is 10.7. The Labute approximate surface area is 334 Å². The van der Waals surface area contributed by atoms with Crippen molar-refractivity contribution in [3.8, 4) is 21.3 Å². The summed E-state index contributed by atoms with van der Waals surface area (Å²) in [6.07, 6.45) is 15.0. The van der Waals surface area contributed by atoms with Crippen LogP contribution in [0.15, 0.2) is 12.1 Å². The number of carbonyl (C=O) groups is 1. The third-order valence-corrected chi connectivity index (χ3v) is 16.0. The summed E-state index contributed by atoms with van der Waals surface area (Å²) < 4.78 is 33.5. The number of carbonyl (C=O) groups excluding carboxylic acids is 1. The van der Waals surface area contributed by atoms with Crippen LogP contribution >= 0.6 is 45.3 Å². The van der Waals surface area contributed by atoms with Gasteiger partial charge in [-0.2, -0.15) is 0 Å². The molecular formula is C45H63FO3S4. The van der Waals surface area contributed by atoms with Gasteiger partial charge in [-0.25, -0.2) is 4.39 Å². The zero-order valence-electron chi connectivity index (χ0n) is 33.9. The highest BCUT2D eigenvalue weighted by molar-refractivity contribution is 7.31. The van der Waals surface area contributed by atoms with Crippen molar-refractivity contribution < 1.29 is 18.7 Å². The van der Waals surface area contributed by atoms with Crippen molar-refractivity contribution in [2.75, 3.05) is 13.2 Å². The first kappa shape index (κ1) is 42.1. The normalized spacial score (nSPS) is 13.5. The summed E-state index contributed by atoms with van der Waals surface area (Å²) in [5.41, 5.74) is -0.274. The predicted molar refractivity (Wildman–Crippen MR) is 235 cm³/mol. The van der Waals surface area contributed by atoms with Gasteiger partial charge < -0.3 is 9.47 Å². The highest BCUT2D eigenvalue weighted by atomic mass is 32.1. The lowest BCUT2D eigenvalue weighted by Crippen LogP contribution is -2.12. The highest BCUT2D eigenvalue weighted by Gasteiger charge is 2.32. The number of ether oxygens (including phenoxy) is 2. The van der Waals surface area contributed by atoms with Gasteiger partial charge in [-0.3, -0.25) is 4.79 Å². The molecule has 3 nitrogen and oxygen atoms in total. The minimum Gasteiger partial charge on any atom is -0.491 e. The third kappa shape index (κ3) is 9.70. The number of unbranched alkanes of at least 4 members (excludes halogenated alkanes) is 6. The largest absolute Gasteiger partial charge is 0.491 e. The number of aryl methyl sites for hydroxylation is 1. The average Bonchev–Trinajstić information content (AvgIpc) is 3.91. The lowest BCUT2D eigenvalue weighted by atomic mass is 9.92. The molecule has 0 fully saturated rings. The molecule has 1 aromatic carbocycles. The van der Waals surface area contributed by atoms with Crippen LogP contribution in [0.1, 0.15) is 165 Å². The SMILES string of the molecule is CCCCCCCC(=O)c1sc2c(-c3cc4c(OCC(CC)CCCC)c5sc(C)cc5c(OCC(CC)CCCC)c4s3)sc(C(C)(C)C)c2c1F. The van der Waals surface area contributed by atoms with Crippen molar-refractivity contribution in [1.29, 1.82) is 0 Å². The van der Waals surface area contributed by atoms with Gasteiger partial charge in [-0.05, 0) is 55.6 Å². The first-order valence-electron chi connectivity index (χ1n) is 20.5. The first-order valence-corrected chi connectivity index (χ1v) is 23.8. The van der Waals surface area contributed by atoms with E-state index in [4.69, 9.17) is 9.47 Å². The lowest BCUT2D eigenvalue weighted by molar-refractivity contribution is 0.0979. The first-order chi connectivity index (χ1) is 25.5. The van der Waals surface area contributed by atoms with Crippen LogP contribution in [0.3, 0.4) is 0 Å². The molecule has 8 heteroatoms. The fraction of sp³-hybridized carbons (Fsp3) is 0.622. The zero-order valence-corrected chi connectivity index (χ0v) is 37.1. The molecule has 53 heavy (non-hydrogen) atoms. The number of halogens is 1. The monoisotopic (exact) mass is 798 g/mol. The number of hydrogen-bond acceptors (Lipinski definition) is 7. The van der Waals surface area contributed by atoms with E-state index in [1.54, 1.807) is 34.0 Å². The predicted octanol–water partition coefficient (Wildman–Crippen LogP) is 16.5. The van der Waals surface area contributed by atoms with Gasteiger partial charge in [0, 0.05) is 37.2 Å². The van der Waals surface area contributed by atoms with Crippen LogP contribution in [-0.4, -0.2) is 19.0 Å². The van der Waals surface area contributed by atoms with Crippen molar-refractivity contribution in [2.45, 2.75) is 158 Å². The van der Waals surface area contributed by atoms with E-state index in [-0.39, 0.29) is 17.0 Å². The summed E-state index contributed by atoms with van der Waals surface area (Å²) >= 11 is 6.58. The summed E-state index contributed by atoms with van der Waals surface area (Å²) in [6.45, 7) is 21.3. The average molecular weight is 799 g/mol.